The molecule has 2 aliphatic rings. The predicted octanol–water partition coefficient (Wildman–Crippen LogP) is 4.28. The lowest BCUT2D eigenvalue weighted by Gasteiger charge is -2.36. The van der Waals surface area contributed by atoms with E-state index in [1.807, 2.05) is 34.5 Å². The van der Waals surface area contributed by atoms with E-state index in [9.17, 15) is 4.79 Å². The second-order valence-corrected chi connectivity index (χ2v) is 10.1. The van der Waals surface area contributed by atoms with Gasteiger partial charge in [-0.15, -0.1) is 21.5 Å². The summed E-state index contributed by atoms with van der Waals surface area (Å²) in [5.41, 5.74) is 1.84. The molecule has 0 radical (unpaired) electrons. The molecule has 6 rings (SSSR count). The van der Waals surface area contributed by atoms with Crippen LogP contribution in [0, 0.1) is 0 Å². The zero-order chi connectivity index (χ0) is 22.2. The molecule has 3 aromatic heterocycles. The lowest BCUT2D eigenvalue weighted by atomic mass is 9.89. The van der Waals surface area contributed by atoms with Gasteiger partial charge in [0.25, 0.3) is 0 Å². The maximum atomic E-state index is 12.8. The van der Waals surface area contributed by atoms with Gasteiger partial charge in [-0.25, -0.2) is 9.38 Å². The minimum atomic E-state index is 0.209. The fourth-order valence-electron chi connectivity index (χ4n) is 5.25. The molecule has 33 heavy (non-hydrogen) atoms. The number of thiophene rings is 1. The second-order valence-electron chi connectivity index (χ2n) is 9.11. The Morgan fingerprint density at radius 1 is 0.970 bits per heavy atom. The van der Waals surface area contributed by atoms with Gasteiger partial charge in [0.15, 0.2) is 5.65 Å². The van der Waals surface area contributed by atoms with Gasteiger partial charge in [0.1, 0.15) is 5.82 Å². The zero-order valence-corrected chi connectivity index (χ0v) is 19.5. The first kappa shape index (κ1) is 20.6. The number of nitrogens with zero attached hydrogens (tertiary/aromatic N) is 6. The average molecular weight is 461 g/mol. The Hall–Kier alpha value is -3.00. The maximum Gasteiger partial charge on any atom is 0.227 e. The molecule has 1 aliphatic heterocycles. The molecule has 2 fully saturated rings. The molecule has 0 unspecified atom stereocenters. The molecular weight excluding hydrogens is 432 g/mol. The summed E-state index contributed by atoms with van der Waals surface area (Å²) in [4.78, 5) is 23.3. The molecule has 0 bridgehead atoms. The molecule has 1 saturated heterocycles. The molecule has 8 heteroatoms. The van der Waals surface area contributed by atoms with E-state index in [2.05, 4.69) is 26.5 Å². The zero-order valence-electron chi connectivity index (χ0n) is 18.7. The van der Waals surface area contributed by atoms with Crippen LogP contribution in [0.2, 0.25) is 0 Å². The van der Waals surface area contributed by atoms with Gasteiger partial charge in [0.2, 0.25) is 11.9 Å². The molecule has 4 heterocycles. The molecular formula is C25H28N6OS. The molecule has 0 N–H and O–H groups in total. The van der Waals surface area contributed by atoms with E-state index in [1.54, 1.807) is 11.3 Å². The van der Waals surface area contributed by atoms with Crippen molar-refractivity contribution in [2.45, 2.75) is 44.4 Å². The number of piperazine rings is 1. The average Bonchev–Trinajstić information content (AvgIpc) is 3.55. The number of hydrogen-bond donors (Lipinski definition) is 0. The Labute approximate surface area is 197 Å². The van der Waals surface area contributed by atoms with Crippen LogP contribution < -0.4 is 4.90 Å². The normalized spacial score (nSPS) is 17.8. The summed E-state index contributed by atoms with van der Waals surface area (Å²) in [5, 5.41) is 12.4. The van der Waals surface area contributed by atoms with Crippen molar-refractivity contribution in [1.82, 2.24) is 24.5 Å². The molecule has 1 amide bonds. The number of aromatic nitrogens is 4. The van der Waals surface area contributed by atoms with Gasteiger partial charge in [0.05, 0.1) is 11.9 Å². The fraction of sp³-hybridized carbons (Fsp3) is 0.440. The molecule has 4 aromatic rings. The number of carbonyl (C=O) groups is 1. The Bertz CT molecular complexity index is 1270. The Morgan fingerprint density at radius 2 is 1.79 bits per heavy atom. The van der Waals surface area contributed by atoms with E-state index in [0.717, 1.165) is 59.1 Å². The highest BCUT2D eigenvalue weighted by molar-refractivity contribution is 7.10. The lowest BCUT2D eigenvalue weighted by Crippen LogP contribution is -2.50. The summed E-state index contributed by atoms with van der Waals surface area (Å²) in [6.45, 7) is 2.94. The highest BCUT2D eigenvalue weighted by atomic mass is 32.1. The van der Waals surface area contributed by atoms with Crippen LogP contribution in [-0.2, 0) is 11.2 Å². The first-order valence-corrected chi connectivity index (χ1v) is 12.8. The molecule has 1 aromatic carbocycles. The van der Waals surface area contributed by atoms with Crippen LogP contribution in [0.5, 0.6) is 0 Å². The van der Waals surface area contributed by atoms with Crippen molar-refractivity contribution in [3.63, 3.8) is 0 Å². The van der Waals surface area contributed by atoms with Gasteiger partial charge in [-0.1, -0.05) is 37.5 Å². The molecule has 1 aliphatic carbocycles. The Balaban J connectivity index is 1.32. The lowest BCUT2D eigenvalue weighted by molar-refractivity contribution is -0.130. The van der Waals surface area contributed by atoms with Crippen molar-refractivity contribution in [2.75, 3.05) is 31.1 Å². The van der Waals surface area contributed by atoms with Crippen LogP contribution >= 0.6 is 11.3 Å². The van der Waals surface area contributed by atoms with Crippen LogP contribution in [0.15, 0.2) is 41.8 Å². The Kier molecular flexibility index (Phi) is 5.46. The van der Waals surface area contributed by atoms with Crippen molar-refractivity contribution in [3.05, 3.63) is 52.5 Å². The number of hydrogen-bond acceptors (Lipinski definition) is 6. The maximum absolute atomic E-state index is 12.8. The van der Waals surface area contributed by atoms with Crippen molar-refractivity contribution in [2.24, 2.45) is 0 Å². The third kappa shape index (κ3) is 3.86. The number of rotatable bonds is 4. The molecule has 1 saturated carbocycles. The standard InChI is InChI=1S/C25H28N6OS/c32-22(17-19-9-6-16-33-19)29-12-14-30(15-13-29)25-26-21-11-5-4-10-20(21)24-28-27-23(31(24)25)18-7-2-1-3-8-18/h4-6,9-11,16,18H,1-3,7-8,12-15,17H2. The van der Waals surface area contributed by atoms with Gasteiger partial charge in [-0.2, -0.15) is 0 Å². The van der Waals surface area contributed by atoms with Crippen molar-refractivity contribution in [3.8, 4) is 0 Å². The monoisotopic (exact) mass is 460 g/mol. The number of fused-ring (bicyclic) bond motifs is 3. The smallest absolute Gasteiger partial charge is 0.227 e. The third-order valence-corrected chi connectivity index (χ3v) is 7.92. The summed E-state index contributed by atoms with van der Waals surface area (Å²) in [6, 6.07) is 12.2. The first-order valence-electron chi connectivity index (χ1n) is 12.0. The SMILES string of the molecule is O=C(Cc1cccs1)N1CCN(c2nc3ccccc3c3nnc(C4CCCCC4)n23)CC1. The highest BCUT2D eigenvalue weighted by Crippen LogP contribution is 2.34. The topological polar surface area (TPSA) is 66.6 Å². The highest BCUT2D eigenvalue weighted by Gasteiger charge is 2.28. The fourth-order valence-corrected chi connectivity index (χ4v) is 5.95. The van der Waals surface area contributed by atoms with Crippen molar-refractivity contribution >= 4 is 39.7 Å². The van der Waals surface area contributed by atoms with E-state index in [0.29, 0.717) is 25.4 Å². The molecule has 0 atom stereocenters. The van der Waals surface area contributed by atoms with E-state index < -0.39 is 0 Å². The van der Waals surface area contributed by atoms with Crippen LogP contribution in [0.4, 0.5) is 5.95 Å². The summed E-state index contributed by atoms with van der Waals surface area (Å²) >= 11 is 1.65. The quantitative estimate of drug-likeness (QED) is 0.455. The number of amides is 1. The van der Waals surface area contributed by atoms with E-state index in [1.165, 1.54) is 19.3 Å². The number of carbonyl (C=O) groups excluding carboxylic acids is 1. The van der Waals surface area contributed by atoms with Crippen molar-refractivity contribution < 1.29 is 4.79 Å². The minimum Gasteiger partial charge on any atom is -0.339 e. The van der Waals surface area contributed by atoms with Crippen LogP contribution in [-0.4, -0.2) is 56.6 Å². The van der Waals surface area contributed by atoms with Crippen LogP contribution in [0.1, 0.15) is 48.7 Å². The van der Waals surface area contributed by atoms with Gasteiger partial charge < -0.3 is 9.80 Å². The molecule has 170 valence electrons. The third-order valence-electron chi connectivity index (χ3n) is 7.04. The minimum absolute atomic E-state index is 0.209. The summed E-state index contributed by atoms with van der Waals surface area (Å²) in [6.07, 6.45) is 6.63. The second kappa shape index (κ2) is 8.74. The van der Waals surface area contributed by atoms with Gasteiger partial charge >= 0.3 is 0 Å². The van der Waals surface area contributed by atoms with Crippen molar-refractivity contribution in [1.29, 1.82) is 0 Å². The number of para-hydroxylation sites is 1. The van der Waals surface area contributed by atoms with E-state index in [4.69, 9.17) is 10.1 Å². The van der Waals surface area contributed by atoms with Gasteiger partial charge in [-0.3, -0.25) is 4.79 Å². The molecule has 0 spiro atoms. The largest absolute Gasteiger partial charge is 0.339 e. The predicted molar refractivity (Wildman–Crippen MR) is 131 cm³/mol. The van der Waals surface area contributed by atoms with E-state index >= 15 is 0 Å². The van der Waals surface area contributed by atoms with Crippen LogP contribution in [0.3, 0.4) is 0 Å². The summed E-state index contributed by atoms with van der Waals surface area (Å²) < 4.78 is 2.21. The van der Waals surface area contributed by atoms with Gasteiger partial charge in [0, 0.05) is 42.4 Å². The Morgan fingerprint density at radius 3 is 2.58 bits per heavy atom. The van der Waals surface area contributed by atoms with Crippen LogP contribution in [0.25, 0.3) is 16.6 Å². The number of benzene rings is 1. The molecule has 7 nitrogen and oxygen atoms in total. The number of anilines is 1. The summed E-state index contributed by atoms with van der Waals surface area (Å²) in [5.74, 6) is 2.61. The van der Waals surface area contributed by atoms with Gasteiger partial charge in [-0.05, 0) is 36.4 Å². The van der Waals surface area contributed by atoms with E-state index in [-0.39, 0.29) is 5.91 Å². The first-order chi connectivity index (χ1) is 16.3. The summed E-state index contributed by atoms with van der Waals surface area (Å²) in [7, 11) is 0.